The Bertz CT molecular complexity index is 974. The zero-order chi connectivity index (χ0) is 22.8. The molecule has 0 bridgehead atoms. The van der Waals surface area contributed by atoms with Gasteiger partial charge in [0.2, 0.25) is 5.78 Å². The molecule has 1 saturated carbocycles. The average molecular weight is 420 g/mol. The zero-order valence-corrected chi connectivity index (χ0v) is 17.7. The highest BCUT2D eigenvalue weighted by molar-refractivity contribution is 6.13. The fourth-order valence-electron chi connectivity index (χ4n) is 5.28. The third-order valence-electron chi connectivity index (χ3n) is 6.67. The van der Waals surface area contributed by atoms with E-state index < -0.39 is 64.2 Å². The second-order valence-corrected chi connectivity index (χ2v) is 9.04. The number of phenols is 3. The van der Waals surface area contributed by atoms with Gasteiger partial charge in [0.25, 0.3) is 0 Å². The molecular formula is C22H28O8. The number of aliphatic hydroxyl groups is 2. The first-order chi connectivity index (χ1) is 13.8. The van der Waals surface area contributed by atoms with Crippen LogP contribution in [0.2, 0.25) is 0 Å². The average Bonchev–Trinajstić information content (AvgIpc) is 2.64. The van der Waals surface area contributed by atoms with Crippen molar-refractivity contribution in [1.29, 1.82) is 0 Å². The first kappa shape index (κ1) is 22.0. The molecule has 1 aromatic carbocycles. The van der Waals surface area contributed by atoms with E-state index in [1.165, 1.54) is 13.8 Å². The molecule has 1 fully saturated rings. The topological polar surface area (TPSA) is 145 Å². The molecule has 0 radical (unpaired) electrons. The lowest BCUT2D eigenvalue weighted by atomic mass is 9.53. The van der Waals surface area contributed by atoms with Gasteiger partial charge in [-0.25, -0.2) is 0 Å². The van der Waals surface area contributed by atoms with Crippen LogP contribution in [0, 0.1) is 5.41 Å². The van der Waals surface area contributed by atoms with Gasteiger partial charge in [-0.3, -0.25) is 9.59 Å². The molecule has 3 rings (SSSR count). The molecule has 2 aliphatic rings. The summed E-state index contributed by atoms with van der Waals surface area (Å²) < 4.78 is 5.43. The summed E-state index contributed by atoms with van der Waals surface area (Å²) in [5.74, 6) is -4.46. The Morgan fingerprint density at radius 2 is 1.73 bits per heavy atom. The van der Waals surface area contributed by atoms with Crippen LogP contribution in [0.1, 0.15) is 74.9 Å². The summed E-state index contributed by atoms with van der Waals surface area (Å²) in [5.41, 5.74) is -2.19. The highest BCUT2D eigenvalue weighted by Crippen LogP contribution is 2.61. The Kier molecular flexibility index (Phi) is 5.05. The molecule has 0 amide bonds. The maximum absolute atomic E-state index is 13.1. The van der Waals surface area contributed by atoms with Crippen LogP contribution >= 0.6 is 0 Å². The molecule has 0 saturated heterocycles. The van der Waals surface area contributed by atoms with Gasteiger partial charge in [-0.05, 0) is 18.4 Å². The molecule has 0 aromatic heterocycles. The van der Waals surface area contributed by atoms with E-state index in [0.29, 0.717) is 6.42 Å². The number of esters is 1. The first-order valence-electron chi connectivity index (χ1n) is 9.88. The molecule has 8 heteroatoms. The maximum atomic E-state index is 13.1. The van der Waals surface area contributed by atoms with E-state index in [1.807, 2.05) is 0 Å². The van der Waals surface area contributed by atoms with E-state index in [1.54, 1.807) is 20.8 Å². The van der Waals surface area contributed by atoms with Gasteiger partial charge in [-0.15, -0.1) is 0 Å². The highest BCUT2D eigenvalue weighted by Gasteiger charge is 2.57. The van der Waals surface area contributed by atoms with Crippen molar-refractivity contribution in [3.05, 3.63) is 28.0 Å². The predicted octanol–water partition coefficient (Wildman–Crippen LogP) is 2.92. The number of aliphatic hydroxyl groups excluding tert-OH is 2. The van der Waals surface area contributed by atoms with E-state index >= 15 is 0 Å². The molecular weight excluding hydrogens is 392 g/mol. The summed E-state index contributed by atoms with van der Waals surface area (Å²) in [5, 5.41) is 52.7. The number of benzene rings is 1. The number of carbonyl (C=O) groups is 2. The quantitative estimate of drug-likeness (QED) is 0.285. The molecule has 0 aliphatic heterocycles. The molecule has 0 heterocycles. The monoisotopic (exact) mass is 420 g/mol. The largest absolute Gasteiger partial charge is 0.507 e. The first-order valence-corrected chi connectivity index (χ1v) is 9.88. The number of hydrogen-bond acceptors (Lipinski definition) is 8. The highest BCUT2D eigenvalue weighted by atomic mass is 16.5. The molecule has 3 atom stereocenters. The van der Waals surface area contributed by atoms with Crippen molar-refractivity contribution in [2.24, 2.45) is 5.41 Å². The van der Waals surface area contributed by atoms with Crippen LogP contribution in [-0.2, 0) is 14.9 Å². The maximum Gasteiger partial charge on any atom is 0.302 e. The number of aromatic hydroxyl groups is 3. The minimum atomic E-state index is -1.10. The van der Waals surface area contributed by atoms with Crippen LogP contribution in [-0.4, -0.2) is 50.0 Å². The van der Waals surface area contributed by atoms with Gasteiger partial charge >= 0.3 is 5.97 Å². The van der Waals surface area contributed by atoms with Gasteiger partial charge in [-0.2, -0.15) is 0 Å². The van der Waals surface area contributed by atoms with Crippen molar-refractivity contribution in [2.75, 3.05) is 6.61 Å². The summed E-state index contributed by atoms with van der Waals surface area (Å²) in [7, 11) is 0. The van der Waals surface area contributed by atoms with Gasteiger partial charge in [0.1, 0.15) is 11.9 Å². The minimum Gasteiger partial charge on any atom is -0.507 e. The van der Waals surface area contributed by atoms with E-state index in [4.69, 9.17) is 4.74 Å². The van der Waals surface area contributed by atoms with Crippen molar-refractivity contribution < 1.29 is 39.9 Å². The van der Waals surface area contributed by atoms with Crippen molar-refractivity contribution in [3.63, 3.8) is 0 Å². The number of carbonyl (C=O) groups excluding carboxylic acids is 2. The van der Waals surface area contributed by atoms with Crippen molar-refractivity contribution >= 4 is 11.8 Å². The Labute approximate surface area is 174 Å². The van der Waals surface area contributed by atoms with Gasteiger partial charge < -0.3 is 30.3 Å². The van der Waals surface area contributed by atoms with Crippen LogP contribution < -0.4 is 0 Å². The lowest BCUT2D eigenvalue weighted by Crippen LogP contribution is -2.50. The minimum absolute atomic E-state index is 0.0264. The number of fused-ring (bicyclic) bond motifs is 3. The Balaban J connectivity index is 2.34. The third kappa shape index (κ3) is 2.77. The molecule has 8 nitrogen and oxygen atoms in total. The molecule has 164 valence electrons. The van der Waals surface area contributed by atoms with Gasteiger partial charge in [0, 0.05) is 41.4 Å². The summed E-state index contributed by atoms with van der Waals surface area (Å²) in [6.45, 7) is 7.55. The zero-order valence-electron chi connectivity index (χ0n) is 17.7. The number of Topliss-reactive ketones (excluding diaryl/α,β-unsaturated/α-hetero) is 1. The molecule has 0 spiro atoms. The lowest BCUT2D eigenvalue weighted by Gasteiger charge is -2.52. The fraction of sp³-hybridized carbons (Fsp3) is 0.545. The second kappa shape index (κ2) is 6.91. The predicted molar refractivity (Wildman–Crippen MR) is 107 cm³/mol. The standard InChI is InChI=1S/C22H28O8/c1-9(8-23)12-15(25)13-14(18(28)16(12)26)22(5)7-6-11(30-10(2)24)21(3,4)20(22)19(29)17(13)27/h9,11,23,25-26,28-29H,6-8H2,1-5H3. The van der Waals surface area contributed by atoms with E-state index in [-0.39, 0.29) is 28.7 Å². The SMILES string of the molecule is CC(=O)OC1CCC2(C)C(=C(O)C(=O)c3c(O)c(C(C)CO)c(O)c(O)c32)C1(C)C. The Hall–Kier alpha value is -2.74. The van der Waals surface area contributed by atoms with Crippen molar-refractivity contribution in [2.45, 2.75) is 64.9 Å². The van der Waals surface area contributed by atoms with E-state index in [0.717, 1.165) is 0 Å². The van der Waals surface area contributed by atoms with E-state index in [9.17, 15) is 35.1 Å². The number of hydrogen-bond donors (Lipinski definition) is 5. The molecule has 2 aliphatic carbocycles. The van der Waals surface area contributed by atoms with Crippen LogP contribution in [0.25, 0.3) is 0 Å². The second-order valence-electron chi connectivity index (χ2n) is 9.04. The number of ketones is 1. The Morgan fingerprint density at radius 3 is 2.27 bits per heavy atom. The Morgan fingerprint density at radius 1 is 1.13 bits per heavy atom. The molecule has 5 N–H and O–H groups in total. The van der Waals surface area contributed by atoms with Crippen LogP contribution in [0.3, 0.4) is 0 Å². The summed E-state index contributed by atoms with van der Waals surface area (Å²) >= 11 is 0. The molecule has 1 aromatic rings. The van der Waals surface area contributed by atoms with Gasteiger partial charge in [0.15, 0.2) is 17.3 Å². The fourth-order valence-corrected chi connectivity index (χ4v) is 5.28. The van der Waals surface area contributed by atoms with Gasteiger partial charge in [-0.1, -0.05) is 27.7 Å². The third-order valence-corrected chi connectivity index (χ3v) is 6.67. The van der Waals surface area contributed by atoms with Crippen molar-refractivity contribution in [1.82, 2.24) is 0 Å². The van der Waals surface area contributed by atoms with Crippen LogP contribution in [0.4, 0.5) is 0 Å². The number of rotatable bonds is 3. The van der Waals surface area contributed by atoms with Crippen LogP contribution in [0.5, 0.6) is 17.2 Å². The smallest absolute Gasteiger partial charge is 0.302 e. The number of ether oxygens (including phenoxy) is 1. The van der Waals surface area contributed by atoms with Gasteiger partial charge in [0.05, 0.1) is 5.56 Å². The van der Waals surface area contributed by atoms with Crippen molar-refractivity contribution in [3.8, 4) is 17.2 Å². The summed E-state index contributed by atoms with van der Waals surface area (Å²) in [6.07, 6.45) is 0.0612. The normalized spacial score (nSPS) is 26.1. The summed E-state index contributed by atoms with van der Waals surface area (Å²) in [6, 6.07) is 0. The number of phenolic OH excluding ortho intramolecular Hbond substituents is 3. The summed E-state index contributed by atoms with van der Waals surface area (Å²) in [4.78, 5) is 24.7. The molecule has 30 heavy (non-hydrogen) atoms. The van der Waals surface area contributed by atoms with Crippen LogP contribution in [0.15, 0.2) is 11.3 Å². The molecule has 3 unspecified atom stereocenters. The number of allylic oxidation sites excluding steroid dienone is 1. The van der Waals surface area contributed by atoms with E-state index in [2.05, 4.69) is 0 Å². The lowest BCUT2D eigenvalue weighted by molar-refractivity contribution is -0.153.